The van der Waals surface area contributed by atoms with E-state index in [-0.39, 0.29) is 35.3 Å². The molecule has 0 spiro atoms. The van der Waals surface area contributed by atoms with Crippen LogP contribution in [0.25, 0.3) is 0 Å². The number of guanidine groups is 1. The number of carbonyl (C=O) groups is 1. The highest BCUT2D eigenvalue weighted by molar-refractivity contribution is 7.91. The summed E-state index contributed by atoms with van der Waals surface area (Å²) in [5.41, 5.74) is 5.72. The van der Waals surface area contributed by atoms with Crippen LogP contribution in [0.3, 0.4) is 0 Å². The summed E-state index contributed by atoms with van der Waals surface area (Å²) in [5, 5.41) is 12.0. The van der Waals surface area contributed by atoms with E-state index >= 15 is 0 Å². The number of piperazine rings is 1. The Balaban J connectivity index is 1.81. The van der Waals surface area contributed by atoms with Crippen LogP contribution in [0, 0.1) is 5.92 Å². The zero-order valence-corrected chi connectivity index (χ0v) is 16.4. The first-order valence-corrected chi connectivity index (χ1v) is 11.3. The van der Waals surface area contributed by atoms with Crippen molar-refractivity contribution in [1.29, 1.82) is 0 Å². The Morgan fingerprint density at radius 1 is 1.31 bits per heavy atom. The van der Waals surface area contributed by atoms with Crippen LogP contribution in [-0.2, 0) is 14.6 Å². The molecule has 1 atom stereocenters. The first-order valence-electron chi connectivity index (χ1n) is 8.29. The molecule has 2 aliphatic heterocycles. The van der Waals surface area contributed by atoms with Gasteiger partial charge in [0, 0.05) is 30.4 Å². The van der Waals surface area contributed by atoms with Crippen LogP contribution in [0.5, 0.6) is 0 Å². The van der Waals surface area contributed by atoms with Crippen molar-refractivity contribution in [2.45, 2.75) is 18.9 Å². The molecule has 26 heavy (non-hydrogen) atoms. The highest BCUT2D eigenvalue weighted by Gasteiger charge is 2.38. The number of hydrogen-bond donors (Lipinski definition) is 2. The van der Waals surface area contributed by atoms with Crippen molar-refractivity contribution in [2.24, 2.45) is 16.8 Å². The predicted octanol–water partition coefficient (Wildman–Crippen LogP) is 1.12. The fraction of sp³-hybridized carbons (Fsp3) is 0.600. The van der Waals surface area contributed by atoms with Gasteiger partial charge in [-0.05, 0) is 25.0 Å². The Labute approximate surface area is 161 Å². The maximum absolute atomic E-state index is 13.1. The number of rotatable bonds is 2. The number of amides is 1. The van der Waals surface area contributed by atoms with Crippen molar-refractivity contribution >= 4 is 44.6 Å². The Hall–Kier alpha value is -1.52. The predicted molar refractivity (Wildman–Crippen MR) is 100 cm³/mol. The van der Waals surface area contributed by atoms with E-state index in [0.29, 0.717) is 36.8 Å². The quantitative estimate of drug-likeness (QED) is 0.320. The van der Waals surface area contributed by atoms with Crippen molar-refractivity contribution < 1.29 is 18.4 Å². The number of thiophene rings is 1. The molecule has 0 aliphatic carbocycles. The molecule has 2 saturated heterocycles. The molecule has 144 valence electrons. The maximum atomic E-state index is 13.1. The first-order chi connectivity index (χ1) is 12.3. The second kappa shape index (κ2) is 7.61. The average Bonchev–Trinajstić information content (AvgIpc) is 3.06. The number of carbonyl (C=O) groups excluding carboxylic acids is 1. The molecule has 0 saturated carbocycles. The van der Waals surface area contributed by atoms with Gasteiger partial charge < -0.3 is 20.7 Å². The van der Waals surface area contributed by atoms with Crippen LogP contribution in [-0.4, -0.2) is 66.4 Å². The lowest BCUT2D eigenvalue weighted by Gasteiger charge is -2.42. The standard InChI is InChI=1S/C15H21ClN4O4S2/c16-13-2-1-12(25-13)11-9-19(15(17)18-22)5-6-20(11)14(21)10-3-7-26(23,24)8-4-10/h1-2,10-11,22H,3-9H2,(H2,17,18). The van der Waals surface area contributed by atoms with Gasteiger partial charge in [-0.25, -0.2) is 8.42 Å². The summed E-state index contributed by atoms with van der Waals surface area (Å²) in [4.78, 5) is 17.5. The molecule has 3 N–H and O–H groups in total. The number of hydrogen-bond acceptors (Lipinski definition) is 6. The molecule has 1 aromatic rings. The summed E-state index contributed by atoms with van der Waals surface area (Å²) in [6.07, 6.45) is 0.721. The SMILES string of the molecule is N/C(=N\O)N1CCN(C(=O)C2CCS(=O)(=O)CC2)C(c2ccc(Cl)s2)C1. The Morgan fingerprint density at radius 3 is 2.58 bits per heavy atom. The molecular formula is C15H21ClN4O4S2. The highest BCUT2D eigenvalue weighted by Crippen LogP contribution is 2.35. The van der Waals surface area contributed by atoms with Gasteiger partial charge in [0.25, 0.3) is 0 Å². The lowest BCUT2D eigenvalue weighted by Crippen LogP contribution is -2.55. The average molecular weight is 421 g/mol. The summed E-state index contributed by atoms with van der Waals surface area (Å²) in [6.45, 7) is 1.25. The minimum Gasteiger partial charge on any atom is -0.408 e. The van der Waals surface area contributed by atoms with Crippen LogP contribution in [0.15, 0.2) is 17.3 Å². The first kappa shape index (κ1) is 19.2. The van der Waals surface area contributed by atoms with Crippen molar-refractivity contribution in [1.82, 2.24) is 9.80 Å². The molecule has 0 aromatic carbocycles. The van der Waals surface area contributed by atoms with Gasteiger partial charge in [0.15, 0.2) is 0 Å². The van der Waals surface area contributed by atoms with Crippen molar-refractivity contribution in [3.63, 3.8) is 0 Å². The molecule has 0 bridgehead atoms. The molecule has 1 amide bonds. The van der Waals surface area contributed by atoms with Gasteiger partial charge in [0.05, 0.1) is 21.9 Å². The topological polar surface area (TPSA) is 116 Å². The van der Waals surface area contributed by atoms with E-state index in [1.54, 1.807) is 15.9 Å². The minimum absolute atomic E-state index is 0.00788. The van der Waals surface area contributed by atoms with E-state index in [0.717, 1.165) is 4.88 Å². The van der Waals surface area contributed by atoms with E-state index in [1.165, 1.54) is 11.3 Å². The Kier molecular flexibility index (Phi) is 5.64. The van der Waals surface area contributed by atoms with E-state index in [2.05, 4.69) is 5.16 Å². The smallest absolute Gasteiger partial charge is 0.233 e. The molecular weight excluding hydrogens is 400 g/mol. The lowest BCUT2D eigenvalue weighted by atomic mass is 9.98. The van der Waals surface area contributed by atoms with Gasteiger partial charge in [-0.15, -0.1) is 11.3 Å². The molecule has 2 aliphatic rings. The van der Waals surface area contributed by atoms with Crippen molar-refractivity contribution in [3.8, 4) is 0 Å². The van der Waals surface area contributed by atoms with Crippen LogP contribution in [0.4, 0.5) is 0 Å². The molecule has 0 radical (unpaired) electrons. The molecule has 1 aromatic heterocycles. The molecule has 1 unspecified atom stereocenters. The van der Waals surface area contributed by atoms with Gasteiger partial charge in [-0.3, -0.25) is 4.79 Å². The maximum Gasteiger partial charge on any atom is 0.233 e. The fourth-order valence-corrected chi connectivity index (χ4v) is 6.10. The fourth-order valence-electron chi connectivity index (χ4n) is 3.44. The van der Waals surface area contributed by atoms with Crippen LogP contribution >= 0.6 is 22.9 Å². The van der Waals surface area contributed by atoms with E-state index in [1.807, 2.05) is 6.07 Å². The monoisotopic (exact) mass is 420 g/mol. The summed E-state index contributed by atoms with van der Waals surface area (Å²) < 4.78 is 23.9. The third-order valence-corrected chi connectivity index (χ3v) is 7.96. The normalized spacial score (nSPS) is 24.7. The second-order valence-electron chi connectivity index (χ2n) is 6.52. The second-order valence-corrected chi connectivity index (χ2v) is 10.6. The zero-order valence-electron chi connectivity index (χ0n) is 14.0. The minimum atomic E-state index is -3.02. The van der Waals surface area contributed by atoms with Gasteiger partial charge in [-0.2, -0.15) is 0 Å². The van der Waals surface area contributed by atoms with E-state index in [4.69, 9.17) is 22.5 Å². The Bertz CT molecular complexity index is 796. The highest BCUT2D eigenvalue weighted by atomic mass is 35.5. The molecule has 2 fully saturated rings. The molecule has 3 heterocycles. The van der Waals surface area contributed by atoms with Gasteiger partial charge in [0.2, 0.25) is 11.9 Å². The summed E-state index contributed by atoms with van der Waals surface area (Å²) in [7, 11) is -3.02. The molecule has 11 heteroatoms. The van der Waals surface area contributed by atoms with Gasteiger partial charge in [0.1, 0.15) is 9.84 Å². The number of nitrogens with two attached hydrogens (primary N) is 1. The third kappa shape index (κ3) is 4.07. The number of sulfone groups is 1. The summed E-state index contributed by atoms with van der Waals surface area (Å²) in [6, 6.07) is 3.38. The lowest BCUT2D eigenvalue weighted by molar-refractivity contribution is -0.140. The Morgan fingerprint density at radius 2 is 2.00 bits per heavy atom. The van der Waals surface area contributed by atoms with Gasteiger partial charge in [-0.1, -0.05) is 16.8 Å². The van der Waals surface area contributed by atoms with Crippen LogP contribution in [0.1, 0.15) is 23.8 Å². The van der Waals surface area contributed by atoms with E-state index in [9.17, 15) is 13.2 Å². The van der Waals surface area contributed by atoms with Crippen molar-refractivity contribution in [3.05, 3.63) is 21.3 Å². The molecule has 8 nitrogen and oxygen atoms in total. The van der Waals surface area contributed by atoms with Crippen LogP contribution < -0.4 is 5.73 Å². The molecule has 3 rings (SSSR count). The van der Waals surface area contributed by atoms with Crippen LogP contribution in [0.2, 0.25) is 4.34 Å². The zero-order chi connectivity index (χ0) is 18.9. The van der Waals surface area contributed by atoms with E-state index < -0.39 is 9.84 Å². The number of oxime groups is 1. The number of nitrogens with zero attached hydrogens (tertiary/aromatic N) is 3. The summed E-state index contributed by atoms with van der Waals surface area (Å²) in [5.74, 6) is -0.194. The third-order valence-electron chi connectivity index (χ3n) is 4.92. The van der Waals surface area contributed by atoms with Crippen molar-refractivity contribution in [2.75, 3.05) is 31.1 Å². The number of halogens is 1. The van der Waals surface area contributed by atoms with Gasteiger partial charge >= 0.3 is 0 Å². The largest absolute Gasteiger partial charge is 0.408 e. The summed E-state index contributed by atoms with van der Waals surface area (Å²) >= 11 is 7.45.